The molecule has 0 bridgehead atoms. The maximum absolute atomic E-state index is 9.39. The van der Waals surface area contributed by atoms with Gasteiger partial charge in [-0.25, -0.2) is 4.98 Å². The van der Waals surface area contributed by atoms with Gasteiger partial charge in [-0.15, -0.1) is 0 Å². The molecular weight excluding hydrogens is 250 g/mol. The van der Waals surface area contributed by atoms with Gasteiger partial charge in [0.1, 0.15) is 5.65 Å². The van der Waals surface area contributed by atoms with E-state index in [4.69, 9.17) is 11.6 Å². The second-order valence-electron chi connectivity index (χ2n) is 4.99. The van der Waals surface area contributed by atoms with Crippen molar-refractivity contribution in [1.29, 1.82) is 0 Å². The third-order valence-electron chi connectivity index (χ3n) is 3.72. The molecule has 0 unspecified atom stereocenters. The predicted octanol–water partition coefficient (Wildman–Crippen LogP) is 1.99. The van der Waals surface area contributed by atoms with Crippen molar-refractivity contribution < 1.29 is 5.11 Å². The summed E-state index contributed by atoms with van der Waals surface area (Å²) < 4.78 is 1.92. The molecule has 2 heterocycles. The van der Waals surface area contributed by atoms with Crippen LogP contribution < -0.4 is 5.32 Å². The first-order chi connectivity index (χ1) is 8.71. The average Bonchev–Trinajstić information content (AvgIpc) is 2.70. The maximum Gasteiger partial charge on any atom is 0.137 e. The largest absolute Gasteiger partial charge is 0.394 e. The second-order valence-corrected chi connectivity index (χ2v) is 5.43. The molecule has 1 aliphatic rings. The van der Waals surface area contributed by atoms with Crippen LogP contribution in [0.5, 0.6) is 0 Å². The van der Waals surface area contributed by atoms with Gasteiger partial charge in [0.25, 0.3) is 0 Å². The zero-order valence-corrected chi connectivity index (χ0v) is 10.8. The van der Waals surface area contributed by atoms with Crippen molar-refractivity contribution in [3.8, 4) is 0 Å². The number of rotatable bonds is 4. The number of imidazole rings is 1. The van der Waals surface area contributed by atoms with E-state index in [0.29, 0.717) is 11.6 Å². The van der Waals surface area contributed by atoms with Gasteiger partial charge in [-0.05, 0) is 31.4 Å². The highest BCUT2D eigenvalue weighted by Crippen LogP contribution is 2.31. The predicted molar refractivity (Wildman–Crippen MR) is 70.7 cm³/mol. The molecule has 0 amide bonds. The first kappa shape index (κ1) is 12.0. The van der Waals surface area contributed by atoms with Crippen LogP contribution in [0.25, 0.3) is 5.65 Å². The molecule has 96 valence electrons. The molecule has 1 saturated carbocycles. The molecule has 0 atom stereocenters. The number of pyridine rings is 1. The molecule has 1 fully saturated rings. The van der Waals surface area contributed by atoms with Gasteiger partial charge in [-0.3, -0.25) is 0 Å². The third kappa shape index (κ3) is 2.11. The van der Waals surface area contributed by atoms with Gasteiger partial charge in [0.15, 0.2) is 0 Å². The van der Waals surface area contributed by atoms with E-state index in [0.717, 1.165) is 24.2 Å². The fourth-order valence-electron chi connectivity index (χ4n) is 2.37. The Hall–Kier alpha value is -1.10. The summed E-state index contributed by atoms with van der Waals surface area (Å²) in [5, 5.41) is 13.5. The molecule has 2 N–H and O–H groups in total. The van der Waals surface area contributed by atoms with E-state index >= 15 is 0 Å². The molecule has 5 heteroatoms. The van der Waals surface area contributed by atoms with Crippen LogP contribution >= 0.6 is 11.6 Å². The minimum atomic E-state index is -0.0759. The lowest BCUT2D eigenvalue weighted by molar-refractivity contribution is 0.0869. The summed E-state index contributed by atoms with van der Waals surface area (Å²) in [5.74, 6) is 0. The molecule has 1 aliphatic carbocycles. The highest BCUT2D eigenvalue weighted by Gasteiger charge is 2.35. The van der Waals surface area contributed by atoms with Gasteiger partial charge in [-0.2, -0.15) is 0 Å². The van der Waals surface area contributed by atoms with Crippen molar-refractivity contribution in [1.82, 2.24) is 14.7 Å². The smallest absolute Gasteiger partial charge is 0.137 e. The zero-order valence-electron chi connectivity index (χ0n) is 10.1. The topological polar surface area (TPSA) is 49.6 Å². The zero-order chi connectivity index (χ0) is 12.6. The Kier molecular flexibility index (Phi) is 3.01. The van der Waals surface area contributed by atoms with E-state index in [2.05, 4.69) is 10.3 Å². The summed E-state index contributed by atoms with van der Waals surface area (Å²) in [7, 11) is 0. The van der Waals surface area contributed by atoms with E-state index in [1.54, 1.807) is 0 Å². The van der Waals surface area contributed by atoms with Crippen LogP contribution in [0, 0.1) is 0 Å². The van der Waals surface area contributed by atoms with Crippen molar-refractivity contribution >= 4 is 17.2 Å². The van der Waals surface area contributed by atoms with E-state index in [9.17, 15) is 5.11 Å². The monoisotopic (exact) mass is 265 g/mol. The van der Waals surface area contributed by atoms with Crippen LogP contribution in [0.1, 0.15) is 25.0 Å². The minimum absolute atomic E-state index is 0.0759. The molecule has 3 rings (SSSR count). The number of aromatic nitrogens is 2. The van der Waals surface area contributed by atoms with Crippen LogP contribution in [0.15, 0.2) is 24.5 Å². The summed E-state index contributed by atoms with van der Waals surface area (Å²) in [5.41, 5.74) is 1.79. The minimum Gasteiger partial charge on any atom is -0.394 e. The molecule has 0 spiro atoms. The Labute approximate surface area is 111 Å². The molecule has 18 heavy (non-hydrogen) atoms. The second kappa shape index (κ2) is 4.53. The summed E-state index contributed by atoms with van der Waals surface area (Å²) in [6.45, 7) is 0.881. The molecule has 2 aromatic heterocycles. The number of hydrogen-bond acceptors (Lipinski definition) is 3. The molecule has 2 aromatic rings. The number of halogens is 1. The lowest BCUT2D eigenvalue weighted by Gasteiger charge is -2.41. The fraction of sp³-hybridized carbons (Fsp3) is 0.462. The van der Waals surface area contributed by atoms with Crippen LogP contribution in [0.2, 0.25) is 5.02 Å². The SMILES string of the molecule is OCC1(NCc2cn3cc(Cl)ccc3n2)CCC1. The average molecular weight is 266 g/mol. The normalized spacial score (nSPS) is 17.9. The molecule has 0 aliphatic heterocycles. The van der Waals surface area contributed by atoms with Crippen LogP contribution in [-0.2, 0) is 6.54 Å². The third-order valence-corrected chi connectivity index (χ3v) is 3.95. The number of nitrogens with one attached hydrogen (secondary N) is 1. The fourth-order valence-corrected chi connectivity index (χ4v) is 2.54. The van der Waals surface area contributed by atoms with Gasteiger partial charge in [-0.1, -0.05) is 11.6 Å². The molecule has 0 saturated heterocycles. The van der Waals surface area contributed by atoms with Crippen LogP contribution in [0.4, 0.5) is 0 Å². The number of aliphatic hydroxyl groups is 1. The van der Waals surface area contributed by atoms with Gasteiger partial charge in [0.2, 0.25) is 0 Å². The van der Waals surface area contributed by atoms with Crippen molar-refractivity contribution in [2.45, 2.75) is 31.3 Å². The van der Waals surface area contributed by atoms with Gasteiger partial charge >= 0.3 is 0 Å². The Balaban J connectivity index is 1.74. The van der Waals surface area contributed by atoms with E-state index in [1.807, 2.05) is 28.9 Å². The Morgan fingerprint density at radius 1 is 1.39 bits per heavy atom. The molecular formula is C13H16ClN3O. The summed E-state index contributed by atoms with van der Waals surface area (Å²) >= 11 is 5.93. The van der Waals surface area contributed by atoms with Crippen LogP contribution in [0.3, 0.4) is 0 Å². The van der Waals surface area contributed by atoms with Gasteiger partial charge in [0.05, 0.1) is 17.3 Å². The molecule has 0 radical (unpaired) electrons. The number of nitrogens with zero attached hydrogens (tertiary/aromatic N) is 2. The van der Waals surface area contributed by atoms with Crippen molar-refractivity contribution in [3.63, 3.8) is 0 Å². The molecule has 4 nitrogen and oxygen atoms in total. The van der Waals surface area contributed by atoms with Gasteiger partial charge < -0.3 is 14.8 Å². The quantitative estimate of drug-likeness (QED) is 0.889. The molecule has 0 aromatic carbocycles. The maximum atomic E-state index is 9.39. The Morgan fingerprint density at radius 2 is 2.22 bits per heavy atom. The standard InChI is InChI=1S/C13H16ClN3O/c14-10-2-3-12-16-11(8-17(12)7-10)6-15-13(9-18)4-1-5-13/h2-3,7-8,15,18H,1,4-6,9H2. The Bertz CT molecular complexity index is 557. The summed E-state index contributed by atoms with van der Waals surface area (Å²) in [6.07, 6.45) is 7.09. The highest BCUT2D eigenvalue weighted by molar-refractivity contribution is 6.30. The van der Waals surface area contributed by atoms with Crippen LogP contribution in [-0.4, -0.2) is 26.6 Å². The summed E-state index contributed by atoms with van der Waals surface area (Å²) in [6, 6.07) is 3.74. The van der Waals surface area contributed by atoms with E-state index < -0.39 is 0 Å². The Morgan fingerprint density at radius 3 is 2.89 bits per heavy atom. The van der Waals surface area contributed by atoms with Crippen molar-refractivity contribution in [2.24, 2.45) is 0 Å². The first-order valence-electron chi connectivity index (χ1n) is 6.20. The van der Waals surface area contributed by atoms with Crippen molar-refractivity contribution in [2.75, 3.05) is 6.61 Å². The number of aliphatic hydroxyl groups excluding tert-OH is 1. The summed E-state index contributed by atoms with van der Waals surface area (Å²) in [4.78, 5) is 4.51. The van der Waals surface area contributed by atoms with Gasteiger partial charge in [0, 0.05) is 24.5 Å². The number of hydrogen-bond donors (Lipinski definition) is 2. The number of fused-ring (bicyclic) bond motifs is 1. The van der Waals surface area contributed by atoms with E-state index in [1.165, 1.54) is 6.42 Å². The van der Waals surface area contributed by atoms with E-state index in [-0.39, 0.29) is 12.1 Å². The lowest BCUT2D eigenvalue weighted by Crippen LogP contribution is -2.53. The van der Waals surface area contributed by atoms with Crippen molar-refractivity contribution in [3.05, 3.63) is 35.2 Å². The lowest BCUT2D eigenvalue weighted by atomic mass is 9.77. The highest BCUT2D eigenvalue weighted by atomic mass is 35.5. The first-order valence-corrected chi connectivity index (χ1v) is 6.58.